The van der Waals surface area contributed by atoms with Gasteiger partial charge in [0.05, 0.1) is 25.0 Å². The van der Waals surface area contributed by atoms with Crippen molar-refractivity contribution in [2.24, 2.45) is 23.5 Å². The Hall–Kier alpha value is -1.14. The number of ether oxygens (including phenoxy) is 1. The molecule has 2 aliphatic rings. The van der Waals surface area contributed by atoms with Gasteiger partial charge >= 0.3 is 5.97 Å². The molecular weight excluding hydrogens is 224 g/mol. The van der Waals surface area contributed by atoms with Crippen molar-refractivity contribution in [2.45, 2.75) is 13.0 Å². The Bertz CT molecular complexity index is 333. The van der Waals surface area contributed by atoms with Crippen LogP contribution in [0.2, 0.25) is 0 Å². The molecule has 17 heavy (non-hydrogen) atoms. The normalized spacial score (nSPS) is 37.4. The number of amides is 1. The predicted octanol–water partition coefficient (Wildman–Crippen LogP) is -0.861. The fraction of sp³-hybridized carbons (Fsp3) is 0.818. The van der Waals surface area contributed by atoms with E-state index in [1.54, 1.807) is 4.90 Å². The number of carbonyl (C=O) groups is 2. The summed E-state index contributed by atoms with van der Waals surface area (Å²) in [6.07, 6.45) is 0. The molecule has 6 nitrogen and oxygen atoms in total. The molecule has 1 amide bonds. The van der Waals surface area contributed by atoms with Crippen molar-refractivity contribution >= 4 is 11.9 Å². The molecule has 2 fully saturated rings. The van der Waals surface area contributed by atoms with Crippen molar-refractivity contribution < 1.29 is 19.4 Å². The van der Waals surface area contributed by atoms with Gasteiger partial charge in [-0.15, -0.1) is 0 Å². The first-order chi connectivity index (χ1) is 8.00. The van der Waals surface area contributed by atoms with Crippen LogP contribution in [0.25, 0.3) is 0 Å². The highest BCUT2D eigenvalue weighted by atomic mass is 16.5. The molecule has 2 saturated heterocycles. The maximum Gasteiger partial charge on any atom is 0.308 e. The number of rotatable bonds is 2. The molecular formula is C11H18N2O4. The van der Waals surface area contributed by atoms with Gasteiger partial charge in [-0.25, -0.2) is 0 Å². The van der Waals surface area contributed by atoms with E-state index in [1.807, 2.05) is 6.92 Å². The fourth-order valence-corrected chi connectivity index (χ4v) is 2.53. The maximum atomic E-state index is 12.1. The highest BCUT2D eigenvalue weighted by Crippen LogP contribution is 2.26. The minimum Gasteiger partial charge on any atom is -0.481 e. The van der Waals surface area contributed by atoms with Gasteiger partial charge in [0.15, 0.2) is 0 Å². The van der Waals surface area contributed by atoms with Crippen molar-refractivity contribution in [3.8, 4) is 0 Å². The minimum atomic E-state index is -0.834. The molecule has 0 aliphatic carbocycles. The van der Waals surface area contributed by atoms with Crippen molar-refractivity contribution in [2.75, 3.05) is 26.3 Å². The first-order valence-corrected chi connectivity index (χ1v) is 5.85. The zero-order chi connectivity index (χ0) is 12.6. The van der Waals surface area contributed by atoms with E-state index in [1.165, 1.54) is 0 Å². The highest BCUT2D eigenvalue weighted by molar-refractivity contribution is 5.82. The molecule has 0 saturated carbocycles. The molecule has 2 unspecified atom stereocenters. The minimum absolute atomic E-state index is 0.00463. The molecule has 96 valence electrons. The number of hydrogen-bond acceptors (Lipinski definition) is 4. The summed E-state index contributed by atoms with van der Waals surface area (Å²) in [4.78, 5) is 24.7. The van der Waals surface area contributed by atoms with E-state index in [9.17, 15) is 9.59 Å². The third-order valence-corrected chi connectivity index (χ3v) is 3.68. The van der Waals surface area contributed by atoms with Crippen LogP contribution >= 0.6 is 0 Å². The lowest BCUT2D eigenvalue weighted by atomic mass is 9.99. The van der Waals surface area contributed by atoms with Gasteiger partial charge in [-0.3, -0.25) is 9.59 Å². The predicted molar refractivity (Wildman–Crippen MR) is 59.2 cm³/mol. The molecule has 6 heteroatoms. The van der Waals surface area contributed by atoms with E-state index in [2.05, 4.69) is 0 Å². The van der Waals surface area contributed by atoms with E-state index in [0.29, 0.717) is 26.3 Å². The summed E-state index contributed by atoms with van der Waals surface area (Å²) in [5, 5.41) is 9.01. The lowest BCUT2D eigenvalue weighted by Crippen LogP contribution is -2.43. The summed E-state index contributed by atoms with van der Waals surface area (Å²) in [5.74, 6) is -1.67. The number of nitrogens with zero attached hydrogens (tertiary/aromatic N) is 1. The third-order valence-electron chi connectivity index (χ3n) is 3.68. The number of hydrogen-bond donors (Lipinski definition) is 2. The molecule has 0 aromatic rings. The topological polar surface area (TPSA) is 92.9 Å². The lowest BCUT2D eigenvalue weighted by Gasteiger charge is -2.21. The summed E-state index contributed by atoms with van der Waals surface area (Å²) in [6, 6.07) is -0.262. The van der Waals surface area contributed by atoms with Gasteiger partial charge in [0.25, 0.3) is 0 Å². The van der Waals surface area contributed by atoms with Crippen LogP contribution in [0.3, 0.4) is 0 Å². The molecule has 2 rings (SSSR count). The van der Waals surface area contributed by atoms with Crippen LogP contribution in [0.5, 0.6) is 0 Å². The fourth-order valence-electron chi connectivity index (χ4n) is 2.53. The molecule has 0 bridgehead atoms. The second-order valence-electron chi connectivity index (χ2n) is 4.97. The zero-order valence-electron chi connectivity index (χ0n) is 9.83. The van der Waals surface area contributed by atoms with Crippen molar-refractivity contribution in [1.82, 2.24) is 4.90 Å². The standard InChI is InChI=1S/C11H18N2O4/c1-6-2-13(3-7(6)11(15)16)10(14)8-4-17-5-9(8)12/h6-9H,2-5,12H2,1H3,(H,15,16)/t6-,7-,8?,9?/m1/s1. The van der Waals surface area contributed by atoms with Gasteiger partial charge in [-0.05, 0) is 5.92 Å². The number of carbonyl (C=O) groups excluding carboxylic acids is 1. The smallest absolute Gasteiger partial charge is 0.308 e. The van der Waals surface area contributed by atoms with Gasteiger partial charge in [-0.1, -0.05) is 6.92 Å². The monoisotopic (exact) mass is 242 g/mol. The summed E-state index contributed by atoms with van der Waals surface area (Å²) < 4.78 is 5.16. The summed E-state index contributed by atoms with van der Waals surface area (Å²) >= 11 is 0. The SMILES string of the molecule is C[C@@H]1CN(C(=O)C2COCC2N)C[C@H]1C(=O)O. The first-order valence-electron chi connectivity index (χ1n) is 5.85. The number of nitrogens with two attached hydrogens (primary N) is 1. The van der Waals surface area contributed by atoms with E-state index >= 15 is 0 Å². The molecule has 3 N–H and O–H groups in total. The molecule has 2 aliphatic heterocycles. The number of likely N-dealkylation sites (tertiary alicyclic amines) is 1. The lowest BCUT2D eigenvalue weighted by molar-refractivity contribution is -0.142. The van der Waals surface area contributed by atoms with Crippen LogP contribution in [0.4, 0.5) is 0 Å². The molecule has 4 atom stereocenters. The zero-order valence-corrected chi connectivity index (χ0v) is 9.83. The van der Waals surface area contributed by atoms with Crippen molar-refractivity contribution in [3.63, 3.8) is 0 Å². The summed E-state index contributed by atoms with van der Waals surface area (Å²) in [6.45, 7) is 3.40. The Morgan fingerprint density at radius 3 is 2.47 bits per heavy atom. The van der Waals surface area contributed by atoms with Crippen molar-refractivity contribution in [1.29, 1.82) is 0 Å². The van der Waals surface area contributed by atoms with Crippen LogP contribution in [-0.2, 0) is 14.3 Å². The average molecular weight is 242 g/mol. The summed E-state index contributed by atoms with van der Waals surface area (Å²) in [5.41, 5.74) is 5.79. The van der Waals surface area contributed by atoms with Gasteiger partial charge in [0, 0.05) is 19.1 Å². The molecule has 0 spiro atoms. The Morgan fingerprint density at radius 2 is 2.00 bits per heavy atom. The van der Waals surface area contributed by atoms with Crippen LogP contribution in [0.15, 0.2) is 0 Å². The van der Waals surface area contributed by atoms with E-state index in [-0.39, 0.29) is 23.8 Å². The molecule has 0 aromatic carbocycles. The summed E-state index contributed by atoms with van der Waals surface area (Å²) in [7, 11) is 0. The number of carboxylic acid groups (broad SMARTS) is 1. The van der Waals surface area contributed by atoms with Gasteiger partial charge < -0.3 is 20.5 Å². The van der Waals surface area contributed by atoms with Crippen LogP contribution in [0, 0.1) is 17.8 Å². The number of aliphatic carboxylic acids is 1. The number of carboxylic acids is 1. The Morgan fingerprint density at radius 1 is 1.29 bits per heavy atom. The van der Waals surface area contributed by atoms with Crippen molar-refractivity contribution in [3.05, 3.63) is 0 Å². The van der Waals surface area contributed by atoms with E-state index < -0.39 is 11.9 Å². The van der Waals surface area contributed by atoms with Crippen LogP contribution < -0.4 is 5.73 Å². The molecule has 0 radical (unpaired) electrons. The largest absolute Gasteiger partial charge is 0.481 e. The third kappa shape index (κ3) is 2.28. The Kier molecular flexibility index (Phi) is 3.35. The quantitative estimate of drug-likeness (QED) is 0.657. The van der Waals surface area contributed by atoms with Crippen LogP contribution in [-0.4, -0.2) is 54.2 Å². The second kappa shape index (κ2) is 4.62. The van der Waals surface area contributed by atoms with Gasteiger partial charge in [0.2, 0.25) is 5.91 Å². The van der Waals surface area contributed by atoms with E-state index in [4.69, 9.17) is 15.6 Å². The highest BCUT2D eigenvalue weighted by Gasteiger charge is 2.41. The molecule has 2 heterocycles. The maximum absolute atomic E-state index is 12.1. The average Bonchev–Trinajstić information content (AvgIpc) is 2.83. The Balaban J connectivity index is 2.00. The Labute approximate surface area is 99.7 Å². The molecule has 0 aromatic heterocycles. The van der Waals surface area contributed by atoms with Gasteiger partial charge in [0.1, 0.15) is 0 Å². The van der Waals surface area contributed by atoms with E-state index in [0.717, 1.165) is 0 Å². The van der Waals surface area contributed by atoms with Gasteiger partial charge in [-0.2, -0.15) is 0 Å². The van der Waals surface area contributed by atoms with Crippen LogP contribution in [0.1, 0.15) is 6.92 Å². The second-order valence-corrected chi connectivity index (χ2v) is 4.97. The first kappa shape index (κ1) is 12.3.